The largest absolute Gasteiger partial charge is 0.439 e. The lowest BCUT2D eigenvalue weighted by Crippen LogP contribution is -2.28. The van der Waals surface area contributed by atoms with Crippen LogP contribution in [-0.4, -0.2) is 28.9 Å². The number of fused-ring (bicyclic) bond motifs is 1. The van der Waals surface area contributed by atoms with Gasteiger partial charge in [-0.3, -0.25) is 4.72 Å². The summed E-state index contributed by atoms with van der Waals surface area (Å²) >= 11 is 0. The van der Waals surface area contributed by atoms with Gasteiger partial charge in [0, 0.05) is 17.8 Å². The highest BCUT2D eigenvalue weighted by atomic mass is 32.2. The minimum atomic E-state index is -4.49. The number of aryl methyl sites for hydroxylation is 1. The second-order valence-electron chi connectivity index (χ2n) is 6.06. The van der Waals surface area contributed by atoms with E-state index in [-0.39, 0.29) is 23.9 Å². The van der Waals surface area contributed by atoms with Gasteiger partial charge >= 0.3 is 6.18 Å². The molecule has 28 heavy (non-hydrogen) atoms. The second kappa shape index (κ2) is 6.51. The van der Waals surface area contributed by atoms with Crippen molar-refractivity contribution in [2.45, 2.75) is 12.7 Å². The van der Waals surface area contributed by atoms with Gasteiger partial charge in [-0.1, -0.05) is 12.1 Å². The lowest BCUT2D eigenvalue weighted by atomic mass is 10.1. The van der Waals surface area contributed by atoms with E-state index in [9.17, 15) is 21.6 Å². The average Bonchev–Trinajstić information content (AvgIpc) is 3.04. The molecule has 0 atom stereocenters. The third-order valence-electron chi connectivity index (χ3n) is 4.11. The van der Waals surface area contributed by atoms with E-state index in [2.05, 4.69) is 14.8 Å². The minimum Gasteiger partial charge on any atom is -0.439 e. The quantitative estimate of drug-likeness (QED) is 0.714. The zero-order valence-corrected chi connectivity index (χ0v) is 15.0. The number of sulfonamides is 1. The number of rotatable bonds is 3. The van der Waals surface area contributed by atoms with Crippen molar-refractivity contribution in [2.24, 2.45) is 0 Å². The van der Waals surface area contributed by atoms with Crippen molar-refractivity contribution in [2.75, 3.05) is 10.5 Å². The number of alkyl halides is 3. The first-order valence-electron chi connectivity index (χ1n) is 8.09. The lowest BCUT2D eigenvalue weighted by Gasteiger charge is -2.17. The molecule has 0 amide bonds. The molecule has 0 fully saturated rings. The molecule has 0 saturated carbocycles. The van der Waals surface area contributed by atoms with E-state index >= 15 is 0 Å². The number of pyridine rings is 1. The highest BCUT2D eigenvalue weighted by Crippen LogP contribution is 2.34. The Balaban J connectivity index is 1.57. The topological polar surface area (TPSA) is 86.1 Å². The van der Waals surface area contributed by atoms with Gasteiger partial charge in [-0.2, -0.15) is 18.3 Å². The van der Waals surface area contributed by atoms with Gasteiger partial charge in [-0.05, 0) is 23.8 Å². The Morgan fingerprint density at radius 3 is 2.61 bits per heavy atom. The van der Waals surface area contributed by atoms with Crippen molar-refractivity contribution >= 4 is 15.8 Å². The van der Waals surface area contributed by atoms with Crippen molar-refractivity contribution in [3.63, 3.8) is 0 Å². The molecule has 0 radical (unpaired) electrons. The Hall–Kier alpha value is -3.08. The van der Waals surface area contributed by atoms with Gasteiger partial charge in [-0.15, -0.1) is 0 Å². The summed E-state index contributed by atoms with van der Waals surface area (Å²) < 4.78 is 71.3. The van der Waals surface area contributed by atoms with Crippen molar-refractivity contribution < 1.29 is 26.3 Å². The molecule has 0 spiro atoms. The molecule has 3 aromatic rings. The van der Waals surface area contributed by atoms with E-state index in [1.54, 1.807) is 35.1 Å². The number of aromatic nitrogens is 3. The van der Waals surface area contributed by atoms with Crippen LogP contribution in [-0.2, 0) is 22.7 Å². The molecule has 1 aliphatic heterocycles. The predicted molar refractivity (Wildman–Crippen MR) is 94.4 cm³/mol. The zero-order chi connectivity index (χ0) is 19.9. The fourth-order valence-electron chi connectivity index (χ4n) is 2.74. The van der Waals surface area contributed by atoms with Gasteiger partial charge in [-0.25, -0.2) is 18.1 Å². The number of anilines is 1. The van der Waals surface area contributed by atoms with E-state index in [0.717, 1.165) is 18.3 Å². The van der Waals surface area contributed by atoms with E-state index in [0.29, 0.717) is 16.9 Å². The van der Waals surface area contributed by atoms with E-state index in [1.807, 2.05) is 0 Å². The molecule has 7 nitrogen and oxygen atoms in total. The van der Waals surface area contributed by atoms with Crippen LogP contribution in [0, 0.1) is 0 Å². The predicted octanol–water partition coefficient (Wildman–Crippen LogP) is 3.51. The maximum atomic E-state index is 12.8. The highest BCUT2D eigenvalue weighted by Gasteiger charge is 2.31. The Morgan fingerprint density at radius 2 is 1.89 bits per heavy atom. The molecule has 146 valence electrons. The summed E-state index contributed by atoms with van der Waals surface area (Å²) in [4.78, 5) is 3.78. The van der Waals surface area contributed by atoms with Gasteiger partial charge in [0.15, 0.2) is 0 Å². The van der Waals surface area contributed by atoms with Crippen molar-refractivity contribution in [3.05, 3.63) is 54.4 Å². The number of nitrogens with zero attached hydrogens (tertiary/aromatic N) is 3. The van der Waals surface area contributed by atoms with Gasteiger partial charge in [0.1, 0.15) is 11.6 Å². The first kappa shape index (κ1) is 18.3. The number of benzene rings is 1. The fraction of sp³-hybridized carbons (Fsp3) is 0.176. The lowest BCUT2D eigenvalue weighted by molar-refractivity contribution is -0.137. The number of halogens is 3. The molecule has 0 bridgehead atoms. The summed E-state index contributed by atoms with van der Waals surface area (Å²) in [6.07, 6.45) is -1.91. The molecule has 2 aromatic heterocycles. The smallest absolute Gasteiger partial charge is 0.416 e. The van der Waals surface area contributed by atoms with Gasteiger partial charge in [0.05, 0.1) is 24.1 Å². The van der Waals surface area contributed by atoms with E-state index in [1.165, 1.54) is 0 Å². The molecule has 3 heterocycles. The Bertz CT molecular complexity index is 1130. The average molecular weight is 410 g/mol. The summed E-state index contributed by atoms with van der Waals surface area (Å²) in [7, 11) is -3.40. The number of hydrogen-bond donors (Lipinski definition) is 1. The van der Waals surface area contributed by atoms with Crippen LogP contribution in [0.15, 0.2) is 48.8 Å². The fourth-order valence-corrected chi connectivity index (χ4v) is 3.77. The summed E-state index contributed by atoms with van der Waals surface area (Å²) in [5.41, 5.74) is 0.412. The van der Waals surface area contributed by atoms with Gasteiger partial charge in [0.2, 0.25) is 15.9 Å². The number of ether oxygens (including phenoxy) is 1. The van der Waals surface area contributed by atoms with Gasteiger partial charge < -0.3 is 4.74 Å². The third kappa shape index (κ3) is 3.65. The van der Waals surface area contributed by atoms with Crippen molar-refractivity contribution in [3.8, 4) is 22.8 Å². The zero-order valence-electron chi connectivity index (χ0n) is 14.1. The summed E-state index contributed by atoms with van der Waals surface area (Å²) in [6.45, 7) is 0.257. The molecule has 0 aliphatic carbocycles. The summed E-state index contributed by atoms with van der Waals surface area (Å²) in [6, 6.07) is 8.10. The second-order valence-corrected chi connectivity index (χ2v) is 7.90. The minimum absolute atomic E-state index is 0.0438. The molecular formula is C17H13F3N4O3S. The molecular weight excluding hydrogens is 397 g/mol. The monoisotopic (exact) mass is 410 g/mol. The molecule has 0 saturated heterocycles. The highest BCUT2D eigenvalue weighted by molar-refractivity contribution is 7.92. The molecule has 1 aliphatic rings. The Kier molecular flexibility index (Phi) is 4.26. The molecule has 4 rings (SSSR count). The third-order valence-corrected chi connectivity index (χ3v) is 5.34. The van der Waals surface area contributed by atoms with Crippen LogP contribution in [0.2, 0.25) is 0 Å². The molecule has 1 aromatic carbocycles. The van der Waals surface area contributed by atoms with Crippen molar-refractivity contribution in [1.82, 2.24) is 14.8 Å². The van der Waals surface area contributed by atoms with E-state index < -0.39 is 21.8 Å². The Labute approximate surface area is 157 Å². The standard InChI is InChI=1S/C17H13F3N4O3S/c18-17(19,20)12-5-6-21-15(9-12)27-13-3-1-11(2-4-13)14-10-22-24-7-8-28(25,26)23-16(14)24/h1-6,9-10,23H,7-8H2. The van der Waals surface area contributed by atoms with Gasteiger partial charge in [0.25, 0.3) is 0 Å². The number of hydrogen-bond acceptors (Lipinski definition) is 5. The van der Waals surface area contributed by atoms with Crippen molar-refractivity contribution in [1.29, 1.82) is 0 Å². The maximum absolute atomic E-state index is 12.8. The number of nitrogens with one attached hydrogen (secondary N) is 1. The van der Waals surface area contributed by atoms with E-state index in [4.69, 9.17) is 4.74 Å². The summed E-state index contributed by atoms with van der Waals surface area (Å²) in [5.74, 6) is 0.438. The van der Waals surface area contributed by atoms with Crippen LogP contribution in [0.25, 0.3) is 11.1 Å². The van der Waals surface area contributed by atoms with Crippen LogP contribution in [0.3, 0.4) is 0 Å². The van der Waals surface area contributed by atoms with Crippen LogP contribution in [0.5, 0.6) is 11.6 Å². The summed E-state index contributed by atoms with van der Waals surface area (Å²) in [5, 5.41) is 4.16. The molecule has 11 heteroatoms. The van der Waals surface area contributed by atoms with Crippen LogP contribution in [0.1, 0.15) is 5.56 Å². The molecule has 1 N–H and O–H groups in total. The first-order valence-corrected chi connectivity index (χ1v) is 9.74. The SMILES string of the molecule is O=S1(=O)CCn2ncc(-c3ccc(Oc4cc(C(F)(F)F)ccn4)cc3)c2N1. The van der Waals surface area contributed by atoms with Crippen LogP contribution >= 0.6 is 0 Å². The van der Waals surface area contributed by atoms with Crippen LogP contribution in [0.4, 0.5) is 19.0 Å². The Morgan fingerprint density at radius 1 is 1.14 bits per heavy atom. The normalized spacial score (nSPS) is 15.5. The maximum Gasteiger partial charge on any atom is 0.416 e. The van der Waals surface area contributed by atoms with Crippen LogP contribution < -0.4 is 9.46 Å². The molecule has 0 unspecified atom stereocenters. The first-order chi connectivity index (χ1) is 13.2.